The van der Waals surface area contributed by atoms with E-state index in [0.717, 1.165) is 23.5 Å². The second-order valence-corrected chi connectivity index (χ2v) is 7.06. The number of fused-ring (bicyclic) bond motifs is 3. The number of hydrogen-bond donors (Lipinski definition) is 1. The van der Waals surface area contributed by atoms with Crippen molar-refractivity contribution in [3.63, 3.8) is 0 Å². The van der Waals surface area contributed by atoms with Crippen molar-refractivity contribution in [3.8, 4) is 5.75 Å². The molecule has 4 atom stereocenters. The predicted molar refractivity (Wildman–Crippen MR) is 91.4 cm³/mol. The molecule has 0 aliphatic heterocycles. The third kappa shape index (κ3) is 2.92. The van der Waals surface area contributed by atoms with Crippen LogP contribution in [0.4, 0.5) is 0 Å². The number of carbonyl (C=O) groups excluding carboxylic acids is 1. The Bertz CT molecular complexity index is 726. The van der Waals surface area contributed by atoms with Crippen LogP contribution in [0.3, 0.4) is 0 Å². The summed E-state index contributed by atoms with van der Waals surface area (Å²) in [5.74, 6) is 2.29. The van der Waals surface area contributed by atoms with E-state index in [1.54, 1.807) is 0 Å². The van der Waals surface area contributed by atoms with Crippen molar-refractivity contribution in [1.29, 1.82) is 0 Å². The lowest BCUT2D eigenvalue weighted by atomic mass is 9.95. The zero-order valence-corrected chi connectivity index (χ0v) is 13.5. The van der Waals surface area contributed by atoms with E-state index in [4.69, 9.17) is 4.74 Å². The lowest BCUT2D eigenvalue weighted by molar-refractivity contribution is -0.128. The summed E-state index contributed by atoms with van der Waals surface area (Å²) in [6, 6.07) is 14.5. The summed E-state index contributed by atoms with van der Waals surface area (Å²) in [6.45, 7) is 1.83. The molecule has 0 heterocycles. The van der Waals surface area contributed by atoms with Crippen LogP contribution in [0.15, 0.2) is 42.5 Å². The molecular formula is C20H23NO2. The highest BCUT2D eigenvalue weighted by molar-refractivity contribution is 5.84. The molecule has 0 radical (unpaired) electrons. The molecule has 2 aromatic rings. The first-order valence-corrected chi connectivity index (χ1v) is 8.65. The number of nitrogens with one attached hydrogen (secondary N) is 1. The van der Waals surface area contributed by atoms with Gasteiger partial charge in [0.25, 0.3) is 5.91 Å². The molecule has 2 aliphatic carbocycles. The maximum Gasteiger partial charge on any atom is 0.261 e. The van der Waals surface area contributed by atoms with Gasteiger partial charge in [-0.3, -0.25) is 4.79 Å². The molecule has 3 nitrogen and oxygen atoms in total. The Morgan fingerprint density at radius 3 is 2.70 bits per heavy atom. The van der Waals surface area contributed by atoms with Crippen LogP contribution in [0.1, 0.15) is 32.6 Å². The molecule has 120 valence electrons. The van der Waals surface area contributed by atoms with Gasteiger partial charge >= 0.3 is 0 Å². The van der Waals surface area contributed by atoms with Gasteiger partial charge in [0.05, 0.1) is 0 Å². The van der Waals surface area contributed by atoms with Crippen molar-refractivity contribution in [1.82, 2.24) is 5.32 Å². The quantitative estimate of drug-likeness (QED) is 0.930. The van der Waals surface area contributed by atoms with Crippen LogP contribution in [0, 0.1) is 11.8 Å². The largest absolute Gasteiger partial charge is 0.481 e. The molecule has 0 aromatic heterocycles. The highest BCUT2D eigenvalue weighted by Gasteiger charge is 2.40. The molecule has 0 spiro atoms. The van der Waals surface area contributed by atoms with Gasteiger partial charge in [-0.25, -0.2) is 0 Å². The molecule has 0 saturated heterocycles. The van der Waals surface area contributed by atoms with Gasteiger partial charge in [-0.1, -0.05) is 36.8 Å². The first-order valence-electron chi connectivity index (χ1n) is 8.65. The van der Waals surface area contributed by atoms with E-state index in [-0.39, 0.29) is 5.91 Å². The van der Waals surface area contributed by atoms with E-state index in [1.165, 1.54) is 24.6 Å². The number of amides is 1. The van der Waals surface area contributed by atoms with Gasteiger partial charge in [0.1, 0.15) is 5.75 Å². The summed E-state index contributed by atoms with van der Waals surface area (Å²) in [7, 11) is 0. The minimum atomic E-state index is -0.463. The van der Waals surface area contributed by atoms with Gasteiger partial charge in [0, 0.05) is 6.04 Å². The fourth-order valence-corrected chi connectivity index (χ4v) is 4.22. The van der Waals surface area contributed by atoms with Crippen LogP contribution < -0.4 is 10.1 Å². The van der Waals surface area contributed by atoms with E-state index in [2.05, 4.69) is 17.4 Å². The molecule has 2 aromatic carbocycles. The predicted octanol–water partition coefficient (Wildman–Crippen LogP) is 3.91. The molecule has 2 aliphatic rings. The normalized spacial score (nSPS) is 27.1. The lowest BCUT2D eigenvalue weighted by Gasteiger charge is -2.24. The molecule has 1 amide bonds. The minimum absolute atomic E-state index is 0.00992. The fourth-order valence-electron chi connectivity index (χ4n) is 4.22. The van der Waals surface area contributed by atoms with Gasteiger partial charge < -0.3 is 10.1 Å². The van der Waals surface area contributed by atoms with Crippen LogP contribution in [0.25, 0.3) is 10.8 Å². The highest BCUT2D eigenvalue weighted by atomic mass is 16.5. The van der Waals surface area contributed by atoms with E-state index < -0.39 is 6.10 Å². The van der Waals surface area contributed by atoms with Crippen LogP contribution >= 0.6 is 0 Å². The van der Waals surface area contributed by atoms with Crippen LogP contribution in [0.5, 0.6) is 5.75 Å². The van der Waals surface area contributed by atoms with Crippen molar-refractivity contribution in [2.45, 2.75) is 44.8 Å². The smallest absolute Gasteiger partial charge is 0.261 e. The monoisotopic (exact) mass is 309 g/mol. The fraction of sp³-hybridized carbons (Fsp3) is 0.450. The Labute approximate surface area is 137 Å². The third-order valence-corrected chi connectivity index (χ3v) is 5.47. The summed E-state index contributed by atoms with van der Waals surface area (Å²) < 4.78 is 5.86. The number of benzene rings is 2. The lowest BCUT2D eigenvalue weighted by Crippen LogP contribution is -2.44. The maximum absolute atomic E-state index is 12.4. The van der Waals surface area contributed by atoms with E-state index in [0.29, 0.717) is 12.0 Å². The van der Waals surface area contributed by atoms with E-state index in [1.807, 2.05) is 37.3 Å². The second kappa shape index (κ2) is 5.88. The topological polar surface area (TPSA) is 38.3 Å². The standard InChI is InChI=1S/C20H23NO2/c1-13(20(22)21-19-11-14-6-7-17(19)10-14)23-18-9-8-15-4-2-3-5-16(15)12-18/h2-5,8-9,12-14,17,19H,6-7,10-11H2,1H3,(H,21,22). The SMILES string of the molecule is CC(Oc1ccc2ccccc2c1)C(=O)NC1CC2CCC1C2. The molecule has 2 saturated carbocycles. The van der Waals surface area contributed by atoms with Crippen molar-refractivity contribution in [3.05, 3.63) is 42.5 Å². The second-order valence-electron chi connectivity index (χ2n) is 7.06. The molecule has 1 N–H and O–H groups in total. The number of hydrogen-bond acceptors (Lipinski definition) is 2. The Morgan fingerprint density at radius 1 is 1.13 bits per heavy atom. The summed E-state index contributed by atoms with van der Waals surface area (Å²) in [5.41, 5.74) is 0. The van der Waals surface area contributed by atoms with Crippen LogP contribution in [-0.4, -0.2) is 18.1 Å². The number of carbonyl (C=O) groups is 1. The third-order valence-electron chi connectivity index (χ3n) is 5.47. The van der Waals surface area contributed by atoms with Gasteiger partial charge in [0.15, 0.2) is 6.10 Å². The van der Waals surface area contributed by atoms with Crippen molar-refractivity contribution in [2.24, 2.45) is 11.8 Å². The summed E-state index contributed by atoms with van der Waals surface area (Å²) >= 11 is 0. The molecule has 4 rings (SSSR count). The summed E-state index contributed by atoms with van der Waals surface area (Å²) in [4.78, 5) is 12.4. The zero-order chi connectivity index (χ0) is 15.8. The average Bonchev–Trinajstić information content (AvgIpc) is 3.17. The first-order chi connectivity index (χ1) is 11.2. The Morgan fingerprint density at radius 2 is 1.96 bits per heavy atom. The summed E-state index contributed by atoms with van der Waals surface area (Å²) in [5, 5.41) is 5.51. The Hall–Kier alpha value is -2.03. The van der Waals surface area contributed by atoms with Crippen LogP contribution in [0.2, 0.25) is 0 Å². The van der Waals surface area contributed by atoms with Crippen molar-refractivity contribution < 1.29 is 9.53 Å². The van der Waals surface area contributed by atoms with E-state index >= 15 is 0 Å². The van der Waals surface area contributed by atoms with E-state index in [9.17, 15) is 4.79 Å². The average molecular weight is 309 g/mol. The van der Waals surface area contributed by atoms with Gasteiger partial charge in [0.2, 0.25) is 0 Å². The number of ether oxygens (including phenoxy) is 1. The van der Waals surface area contributed by atoms with Crippen molar-refractivity contribution >= 4 is 16.7 Å². The van der Waals surface area contributed by atoms with Crippen molar-refractivity contribution in [2.75, 3.05) is 0 Å². The molecule has 4 unspecified atom stereocenters. The summed E-state index contributed by atoms with van der Waals surface area (Å²) in [6.07, 6.45) is 4.61. The Kier molecular flexibility index (Phi) is 3.72. The Balaban J connectivity index is 1.39. The molecule has 2 fully saturated rings. The van der Waals surface area contributed by atoms with Gasteiger partial charge in [-0.05, 0) is 60.9 Å². The molecular weight excluding hydrogens is 286 g/mol. The molecule has 3 heteroatoms. The molecule has 23 heavy (non-hydrogen) atoms. The van der Waals surface area contributed by atoms with Crippen LogP contribution in [-0.2, 0) is 4.79 Å². The highest BCUT2D eigenvalue weighted by Crippen LogP contribution is 2.44. The molecule has 2 bridgehead atoms. The number of rotatable bonds is 4. The first kappa shape index (κ1) is 14.6. The maximum atomic E-state index is 12.4. The van der Waals surface area contributed by atoms with Gasteiger partial charge in [-0.15, -0.1) is 0 Å². The minimum Gasteiger partial charge on any atom is -0.481 e. The van der Waals surface area contributed by atoms with Gasteiger partial charge in [-0.2, -0.15) is 0 Å². The zero-order valence-electron chi connectivity index (χ0n) is 13.5.